The second-order valence-electron chi connectivity index (χ2n) is 5.08. The maximum Gasteiger partial charge on any atom is 0.0827 e. The summed E-state index contributed by atoms with van der Waals surface area (Å²) in [6.07, 6.45) is 2.12. The Labute approximate surface area is 114 Å². The molecule has 1 aromatic carbocycles. The lowest BCUT2D eigenvalue weighted by molar-refractivity contribution is 0.652. The zero-order valence-corrected chi connectivity index (χ0v) is 11.6. The van der Waals surface area contributed by atoms with Crippen LogP contribution in [-0.2, 0) is 7.05 Å². The maximum absolute atomic E-state index is 4.42. The molecule has 0 radical (unpaired) electrons. The van der Waals surface area contributed by atoms with E-state index in [1.54, 1.807) is 0 Å². The Balaban J connectivity index is 1.68. The summed E-state index contributed by atoms with van der Waals surface area (Å²) >= 11 is 0. The third-order valence-electron chi connectivity index (χ3n) is 3.73. The fourth-order valence-corrected chi connectivity index (χ4v) is 2.74. The highest BCUT2D eigenvalue weighted by Gasteiger charge is 2.19. The monoisotopic (exact) mass is 256 g/mol. The number of rotatable bonds is 2. The quantitative estimate of drug-likeness (QED) is 0.822. The summed E-state index contributed by atoms with van der Waals surface area (Å²) in [5.74, 6) is 0. The molecule has 1 aromatic heterocycles. The van der Waals surface area contributed by atoms with Gasteiger partial charge in [0.25, 0.3) is 0 Å². The second-order valence-corrected chi connectivity index (χ2v) is 5.08. The summed E-state index contributed by atoms with van der Waals surface area (Å²) in [7, 11) is 1.98. The first-order valence-electron chi connectivity index (χ1n) is 6.79. The van der Waals surface area contributed by atoms with Gasteiger partial charge in [0, 0.05) is 45.1 Å². The predicted octanol–water partition coefficient (Wildman–Crippen LogP) is 2.06. The van der Waals surface area contributed by atoms with Crippen molar-refractivity contribution in [1.82, 2.24) is 9.78 Å². The highest BCUT2D eigenvalue weighted by atomic mass is 15.3. The zero-order valence-electron chi connectivity index (χ0n) is 11.6. The third kappa shape index (κ3) is 2.43. The molecule has 0 bridgehead atoms. The second kappa shape index (κ2) is 4.96. The highest BCUT2D eigenvalue weighted by molar-refractivity contribution is 5.52. The third-order valence-corrected chi connectivity index (χ3v) is 3.73. The average molecular weight is 256 g/mol. The fraction of sp³-hybridized carbons (Fsp3) is 0.400. The number of piperazine rings is 1. The first-order chi connectivity index (χ1) is 9.24. The Morgan fingerprint density at radius 2 is 1.58 bits per heavy atom. The molecule has 0 unspecified atom stereocenters. The minimum Gasteiger partial charge on any atom is -0.368 e. The van der Waals surface area contributed by atoms with E-state index in [1.165, 1.54) is 11.4 Å². The van der Waals surface area contributed by atoms with E-state index in [-0.39, 0.29) is 0 Å². The van der Waals surface area contributed by atoms with Crippen molar-refractivity contribution in [3.63, 3.8) is 0 Å². The number of anilines is 2. The molecule has 0 N–H and O–H groups in total. The summed E-state index contributed by atoms with van der Waals surface area (Å²) in [5, 5.41) is 4.42. The molecule has 0 atom stereocenters. The molecule has 1 saturated heterocycles. The van der Waals surface area contributed by atoms with Gasteiger partial charge in [-0.2, -0.15) is 5.10 Å². The van der Waals surface area contributed by atoms with Crippen LogP contribution in [-0.4, -0.2) is 36.0 Å². The van der Waals surface area contributed by atoms with Gasteiger partial charge in [-0.15, -0.1) is 0 Å². The van der Waals surface area contributed by atoms with E-state index >= 15 is 0 Å². The van der Waals surface area contributed by atoms with Crippen LogP contribution in [0.3, 0.4) is 0 Å². The molecule has 1 aliphatic rings. The molecular weight excluding hydrogens is 236 g/mol. The van der Waals surface area contributed by atoms with E-state index in [9.17, 15) is 0 Å². The number of para-hydroxylation sites is 1. The van der Waals surface area contributed by atoms with Gasteiger partial charge in [0.05, 0.1) is 11.4 Å². The highest BCUT2D eigenvalue weighted by Crippen LogP contribution is 2.22. The topological polar surface area (TPSA) is 24.3 Å². The normalized spacial score (nSPS) is 15.9. The molecule has 1 fully saturated rings. The Morgan fingerprint density at radius 3 is 2.16 bits per heavy atom. The Kier molecular flexibility index (Phi) is 3.15. The smallest absolute Gasteiger partial charge is 0.0827 e. The molecule has 0 amide bonds. The maximum atomic E-state index is 4.42. The number of hydrogen-bond donors (Lipinski definition) is 0. The van der Waals surface area contributed by atoms with Crippen molar-refractivity contribution in [2.45, 2.75) is 6.92 Å². The van der Waals surface area contributed by atoms with Crippen molar-refractivity contribution in [3.8, 4) is 0 Å². The zero-order chi connectivity index (χ0) is 13.2. The van der Waals surface area contributed by atoms with E-state index in [2.05, 4.69) is 58.4 Å². The Bertz CT molecular complexity index is 539. The predicted molar refractivity (Wildman–Crippen MR) is 78.8 cm³/mol. The summed E-state index contributed by atoms with van der Waals surface area (Å²) in [6.45, 7) is 6.33. The van der Waals surface area contributed by atoms with E-state index in [4.69, 9.17) is 0 Å². The van der Waals surface area contributed by atoms with Gasteiger partial charge in [0.15, 0.2) is 0 Å². The number of nitrogens with zero attached hydrogens (tertiary/aromatic N) is 4. The molecule has 4 heteroatoms. The lowest BCUT2D eigenvalue weighted by Gasteiger charge is -2.37. The van der Waals surface area contributed by atoms with E-state index in [1.807, 2.05) is 11.7 Å². The standard InChI is InChI=1S/C15H20N4/c1-13-15(12-17(2)16-13)19-10-8-18(9-11-19)14-6-4-3-5-7-14/h3-7,12H,8-11H2,1-2H3. The van der Waals surface area contributed by atoms with Gasteiger partial charge in [0.2, 0.25) is 0 Å². The molecule has 19 heavy (non-hydrogen) atoms. The van der Waals surface area contributed by atoms with Crippen molar-refractivity contribution in [3.05, 3.63) is 42.2 Å². The number of aromatic nitrogens is 2. The van der Waals surface area contributed by atoms with Gasteiger partial charge in [-0.3, -0.25) is 4.68 Å². The van der Waals surface area contributed by atoms with Crippen LogP contribution in [0.15, 0.2) is 36.5 Å². The lowest BCUT2D eigenvalue weighted by Crippen LogP contribution is -2.46. The minimum absolute atomic E-state index is 1.06. The molecule has 2 aromatic rings. The molecule has 3 rings (SSSR count). The van der Waals surface area contributed by atoms with Gasteiger partial charge in [-0.1, -0.05) is 18.2 Å². The average Bonchev–Trinajstić information content (AvgIpc) is 2.79. The minimum atomic E-state index is 1.06. The number of aryl methyl sites for hydroxylation is 2. The van der Waals surface area contributed by atoms with Crippen LogP contribution in [0.25, 0.3) is 0 Å². The Morgan fingerprint density at radius 1 is 0.947 bits per heavy atom. The lowest BCUT2D eigenvalue weighted by atomic mass is 10.2. The summed E-state index contributed by atoms with van der Waals surface area (Å²) in [5.41, 5.74) is 3.72. The van der Waals surface area contributed by atoms with Crippen LogP contribution in [0.1, 0.15) is 5.69 Å². The van der Waals surface area contributed by atoms with Crippen molar-refractivity contribution in [1.29, 1.82) is 0 Å². The molecule has 0 spiro atoms. The fourth-order valence-electron chi connectivity index (χ4n) is 2.74. The van der Waals surface area contributed by atoms with E-state index < -0.39 is 0 Å². The number of benzene rings is 1. The van der Waals surface area contributed by atoms with Crippen molar-refractivity contribution >= 4 is 11.4 Å². The van der Waals surface area contributed by atoms with Gasteiger partial charge < -0.3 is 9.80 Å². The first-order valence-corrected chi connectivity index (χ1v) is 6.79. The van der Waals surface area contributed by atoms with Crippen LogP contribution in [0, 0.1) is 6.92 Å². The van der Waals surface area contributed by atoms with Crippen LogP contribution in [0.5, 0.6) is 0 Å². The van der Waals surface area contributed by atoms with Crippen LogP contribution < -0.4 is 9.80 Å². The van der Waals surface area contributed by atoms with Crippen LogP contribution in [0.4, 0.5) is 11.4 Å². The largest absolute Gasteiger partial charge is 0.368 e. The molecule has 2 heterocycles. The van der Waals surface area contributed by atoms with Crippen LogP contribution in [0.2, 0.25) is 0 Å². The molecule has 4 nitrogen and oxygen atoms in total. The molecule has 0 saturated carbocycles. The van der Waals surface area contributed by atoms with Crippen molar-refractivity contribution < 1.29 is 0 Å². The van der Waals surface area contributed by atoms with Crippen molar-refractivity contribution in [2.75, 3.05) is 36.0 Å². The summed E-state index contributed by atoms with van der Waals surface area (Å²) in [6, 6.07) is 10.6. The molecule has 100 valence electrons. The molecular formula is C15H20N4. The van der Waals surface area contributed by atoms with Gasteiger partial charge in [0.1, 0.15) is 0 Å². The summed E-state index contributed by atoms with van der Waals surface area (Å²) < 4.78 is 1.90. The van der Waals surface area contributed by atoms with Gasteiger partial charge >= 0.3 is 0 Å². The van der Waals surface area contributed by atoms with Crippen molar-refractivity contribution in [2.24, 2.45) is 7.05 Å². The number of hydrogen-bond acceptors (Lipinski definition) is 3. The van der Waals surface area contributed by atoms with E-state index in [0.717, 1.165) is 31.9 Å². The molecule has 1 aliphatic heterocycles. The molecule has 0 aliphatic carbocycles. The van der Waals surface area contributed by atoms with Crippen LogP contribution >= 0.6 is 0 Å². The summed E-state index contributed by atoms with van der Waals surface area (Å²) in [4.78, 5) is 4.88. The first kappa shape index (κ1) is 12.1. The van der Waals surface area contributed by atoms with E-state index in [0.29, 0.717) is 0 Å². The van der Waals surface area contributed by atoms with Gasteiger partial charge in [-0.05, 0) is 19.1 Å². The Hall–Kier alpha value is -1.97. The van der Waals surface area contributed by atoms with Gasteiger partial charge in [-0.25, -0.2) is 0 Å². The SMILES string of the molecule is Cc1nn(C)cc1N1CCN(c2ccccc2)CC1.